The largest absolute Gasteiger partial charge is 0.378 e. The van der Waals surface area contributed by atoms with E-state index in [0.29, 0.717) is 11.6 Å². The highest BCUT2D eigenvalue weighted by molar-refractivity contribution is 6.30. The minimum Gasteiger partial charge on any atom is -0.378 e. The number of morpholine rings is 1. The van der Waals surface area contributed by atoms with E-state index in [2.05, 4.69) is 29.2 Å². The molecule has 4 nitrogen and oxygen atoms in total. The van der Waals surface area contributed by atoms with Gasteiger partial charge in [0, 0.05) is 36.1 Å². The van der Waals surface area contributed by atoms with E-state index >= 15 is 0 Å². The first-order valence-electron chi connectivity index (χ1n) is 9.07. The van der Waals surface area contributed by atoms with Crippen molar-refractivity contribution in [2.45, 2.75) is 6.54 Å². The summed E-state index contributed by atoms with van der Waals surface area (Å²) in [4.78, 5) is 14.6. The zero-order chi connectivity index (χ0) is 18.6. The van der Waals surface area contributed by atoms with Gasteiger partial charge in [-0.3, -0.25) is 4.79 Å². The molecule has 0 spiro atoms. The van der Waals surface area contributed by atoms with Gasteiger partial charge in [-0.05, 0) is 47.0 Å². The molecule has 5 heteroatoms. The first-order chi connectivity index (χ1) is 13.2. The molecule has 1 saturated heterocycles. The maximum atomic E-state index is 12.3. The second-order valence-electron chi connectivity index (χ2n) is 6.66. The first kappa shape index (κ1) is 17.8. The Balaban J connectivity index is 1.56. The van der Waals surface area contributed by atoms with Crippen LogP contribution in [0.5, 0.6) is 0 Å². The lowest BCUT2D eigenvalue weighted by Gasteiger charge is -2.28. The fraction of sp³-hybridized carbons (Fsp3) is 0.227. The quantitative estimate of drug-likeness (QED) is 0.684. The van der Waals surface area contributed by atoms with Crippen molar-refractivity contribution in [2.75, 3.05) is 31.2 Å². The Kier molecular flexibility index (Phi) is 5.28. The molecule has 0 N–H and O–H groups in total. The maximum absolute atomic E-state index is 12.3. The lowest BCUT2D eigenvalue weighted by molar-refractivity contribution is 0.122. The molecule has 0 aliphatic carbocycles. The fourth-order valence-electron chi connectivity index (χ4n) is 3.30. The van der Waals surface area contributed by atoms with Crippen LogP contribution in [0.25, 0.3) is 11.1 Å². The molecule has 0 atom stereocenters. The Morgan fingerprint density at radius 2 is 1.52 bits per heavy atom. The summed E-state index contributed by atoms with van der Waals surface area (Å²) in [6.07, 6.45) is 1.92. The first-order valence-corrected chi connectivity index (χ1v) is 9.45. The minimum atomic E-state index is -0.0152. The van der Waals surface area contributed by atoms with Crippen LogP contribution in [0.4, 0.5) is 5.69 Å². The van der Waals surface area contributed by atoms with Gasteiger partial charge in [0.15, 0.2) is 0 Å². The molecule has 1 fully saturated rings. The van der Waals surface area contributed by atoms with E-state index in [0.717, 1.165) is 43.0 Å². The van der Waals surface area contributed by atoms with E-state index in [4.69, 9.17) is 16.3 Å². The van der Waals surface area contributed by atoms with Gasteiger partial charge in [0.25, 0.3) is 5.56 Å². The second-order valence-corrected chi connectivity index (χ2v) is 7.09. The van der Waals surface area contributed by atoms with Crippen LogP contribution in [0, 0.1) is 0 Å². The predicted molar refractivity (Wildman–Crippen MR) is 110 cm³/mol. The molecule has 4 rings (SSSR count). The Labute approximate surface area is 163 Å². The average Bonchev–Trinajstić information content (AvgIpc) is 2.72. The third kappa shape index (κ3) is 4.24. The standard InChI is InChI=1S/C22H21ClN2O2/c23-20-6-1-17(2-7-20)15-25-16-19(5-10-22(25)26)18-3-8-21(9-4-18)24-11-13-27-14-12-24/h1-10,16H,11-15H2. The summed E-state index contributed by atoms with van der Waals surface area (Å²) in [5.41, 5.74) is 4.35. The SMILES string of the molecule is O=c1ccc(-c2ccc(N3CCOCC3)cc2)cn1Cc1ccc(Cl)cc1. The summed E-state index contributed by atoms with van der Waals surface area (Å²) in [7, 11) is 0. The molecular weight excluding hydrogens is 360 g/mol. The van der Waals surface area contributed by atoms with E-state index < -0.39 is 0 Å². The Morgan fingerprint density at radius 1 is 0.852 bits per heavy atom. The van der Waals surface area contributed by atoms with Crippen molar-refractivity contribution in [3.05, 3.63) is 87.8 Å². The van der Waals surface area contributed by atoms with E-state index in [1.54, 1.807) is 10.6 Å². The summed E-state index contributed by atoms with van der Waals surface area (Å²) in [5.74, 6) is 0. The van der Waals surface area contributed by atoms with Gasteiger partial charge in [-0.2, -0.15) is 0 Å². The van der Waals surface area contributed by atoms with Gasteiger partial charge in [0.2, 0.25) is 0 Å². The van der Waals surface area contributed by atoms with Gasteiger partial charge in [0.1, 0.15) is 0 Å². The summed E-state index contributed by atoms with van der Waals surface area (Å²) in [6.45, 7) is 3.92. The normalized spacial score (nSPS) is 14.3. The monoisotopic (exact) mass is 380 g/mol. The molecule has 1 aromatic heterocycles. The number of benzene rings is 2. The Morgan fingerprint density at radius 3 is 2.22 bits per heavy atom. The summed E-state index contributed by atoms with van der Waals surface area (Å²) in [6, 6.07) is 19.6. The molecule has 0 amide bonds. The van der Waals surface area contributed by atoms with Crippen molar-refractivity contribution in [3.63, 3.8) is 0 Å². The molecule has 3 aromatic rings. The van der Waals surface area contributed by atoms with Gasteiger partial charge in [-0.25, -0.2) is 0 Å². The number of aromatic nitrogens is 1. The number of nitrogens with zero attached hydrogens (tertiary/aromatic N) is 2. The molecule has 0 bridgehead atoms. The molecule has 2 heterocycles. The molecule has 138 valence electrons. The average molecular weight is 381 g/mol. The topological polar surface area (TPSA) is 34.5 Å². The van der Waals surface area contributed by atoms with Crippen LogP contribution in [-0.4, -0.2) is 30.9 Å². The van der Waals surface area contributed by atoms with Crippen molar-refractivity contribution in [1.29, 1.82) is 0 Å². The van der Waals surface area contributed by atoms with Gasteiger partial charge in [-0.1, -0.05) is 35.9 Å². The molecule has 0 radical (unpaired) electrons. The number of anilines is 1. The highest BCUT2D eigenvalue weighted by Crippen LogP contribution is 2.23. The molecule has 0 saturated carbocycles. The van der Waals surface area contributed by atoms with Crippen molar-refractivity contribution >= 4 is 17.3 Å². The number of rotatable bonds is 4. The molecule has 0 unspecified atom stereocenters. The van der Waals surface area contributed by atoms with Gasteiger partial charge in [-0.15, -0.1) is 0 Å². The minimum absolute atomic E-state index is 0.0152. The highest BCUT2D eigenvalue weighted by Gasteiger charge is 2.11. The summed E-state index contributed by atoms with van der Waals surface area (Å²) in [5, 5.41) is 0.695. The van der Waals surface area contributed by atoms with Gasteiger partial charge >= 0.3 is 0 Å². The summed E-state index contributed by atoms with van der Waals surface area (Å²) >= 11 is 5.94. The number of hydrogen-bond acceptors (Lipinski definition) is 3. The van der Waals surface area contributed by atoms with Crippen LogP contribution in [-0.2, 0) is 11.3 Å². The number of hydrogen-bond donors (Lipinski definition) is 0. The van der Waals surface area contributed by atoms with E-state index in [1.165, 1.54) is 5.69 Å². The van der Waals surface area contributed by atoms with Crippen LogP contribution in [0.3, 0.4) is 0 Å². The number of ether oxygens (including phenoxy) is 1. The Bertz CT molecular complexity index is 959. The van der Waals surface area contributed by atoms with Crippen LogP contribution < -0.4 is 10.5 Å². The van der Waals surface area contributed by atoms with E-state index in [1.807, 2.05) is 36.5 Å². The van der Waals surface area contributed by atoms with Crippen LogP contribution in [0.2, 0.25) is 5.02 Å². The van der Waals surface area contributed by atoms with Crippen LogP contribution in [0.1, 0.15) is 5.56 Å². The zero-order valence-corrected chi connectivity index (χ0v) is 15.7. The molecule has 1 aliphatic rings. The third-order valence-corrected chi connectivity index (χ3v) is 5.08. The van der Waals surface area contributed by atoms with Gasteiger partial charge < -0.3 is 14.2 Å². The van der Waals surface area contributed by atoms with Crippen molar-refractivity contribution in [3.8, 4) is 11.1 Å². The number of halogens is 1. The predicted octanol–water partition coefficient (Wildman–Crippen LogP) is 4.05. The zero-order valence-electron chi connectivity index (χ0n) is 15.0. The van der Waals surface area contributed by atoms with Crippen LogP contribution in [0.15, 0.2) is 71.7 Å². The smallest absolute Gasteiger partial charge is 0.250 e. The van der Waals surface area contributed by atoms with E-state index in [-0.39, 0.29) is 5.56 Å². The molecule has 2 aromatic carbocycles. The fourth-order valence-corrected chi connectivity index (χ4v) is 3.42. The van der Waals surface area contributed by atoms with Crippen molar-refractivity contribution < 1.29 is 4.74 Å². The van der Waals surface area contributed by atoms with Crippen molar-refractivity contribution in [2.24, 2.45) is 0 Å². The lowest BCUT2D eigenvalue weighted by atomic mass is 10.1. The van der Waals surface area contributed by atoms with Crippen molar-refractivity contribution in [1.82, 2.24) is 4.57 Å². The number of pyridine rings is 1. The highest BCUT2D eigenvalue weighted by atomic mass is 35.5. The maximum Gasteiger partial charge on any atom is 0.250 e. The molecule has 1 aliphatic heterocycles. The Hall–Kier alpha value is -2.56. The van der Waals surface area contributed by atoms with E-state index in [9.17, 15) is 4.79 Å². The lowest BCUT2D eigenvalue weighted by Crippen LogP contribution is -2.36. The molecule has 27 heavy (non-hydrogen) atoms. The van der Waals surface area contributed by atoms with Crippen LogP contribution >= 0.6 is 11.6 Å². The summed E-state index contributed by atoms with van der Waals surface area (Å²) < 4.78 is 7.14. The van der Waals surface area contributed by atoms with Gasteiger partial charge in [0.05, 0.1) is 19.8 Å². The second kappa shape index (κ2) is 7.99. The third-order valence-electron chi connectivity index (χ3n) is 4.83. The molecular formula is C22H21ClN2O2.